The van der Waals surface area contributed by atoms with Crippen molar-refractivity contribution in [3.8, 4) is 11.1 Å². The van der Waals surface area contributed by atoms with Crippen molar-refractivity contribution in [1.29, 1.82) is 0 Å². The molecule has 3 aliphatic rings. The van der Waals surface area contributed by atoms with Crippen LogP contribution < -0.4 is 31.9 Å². The van der Waals surface area contributed by atoms with Gasteiger partial charge in [-0.1, -0.05) is 76.2 Å². The number of benzene rings is 2. The molecule has 2 saturated heterocycles. The highest BCUT2D eigenvalue weighted by Gasteiger charge is 2.40. The molecule has 0 spiro atoms. The Kier molecular flexibility index (Phi) is 12.5. The van der Waals surface area contributed by atoms with Crippen LogP contribution in [0.3, 0.4) is 0 Å². The Bertz CT molecular complexity index is 1500. The van der Waals surface area contributed by atoms with Crippen molar-refractivity contribution >= 4 is 23.8 Å². The van der Waals surface area contributed by atoms with Crippen molar-refractivity contribution in [3.05, 3.63) is 59.7 Å². The van der Waals surface area contributed by atoms with E-state index in [1.807, 2.05) is 32.6 Å². The molecule has 2 aromatic rings. The third-order valence-electron chi connectivity index (χ3n) is 9.74. The molecule has 0 saturated carbocycles. The molecule has 3 aliphatic heterocycles. The molecule has 7 atom stereocenters. The highest BCUT2D eigenvalue weighted by atomic mass is 16.5. The summed E-state index contributed by atoms with van der Waals surface area (Å²) >= 11 is 0. The van der Waals surface area contributed by atoms with E-state index in [1.54, 1.807) is 0 Å². The van der Waals surface area contributed by atoms with Crippen LogP contribution in [0.1, 0.15) is 57.7 Å². The Labute approximate surface area is 294 Å². The molecule has 0 radical (unpaired) electrons. The number of nitrogens with one attached hydrogen (secondary N) is 6. The second-order valence-corrected chi connectivity index (χ2v) is 13.8. The second kappa shape index (κ2) is 16.8. The van der Waals surface area contributed by atoms with Crippen molar-refractivity contribution < 1.29 is 29.0 Å². The minimum atomic E-state index is -0.985. The number of alkyl carbamates (subject to hydrolysis) is 2. The van der Waals surface area contributed by atoms with Crippen molar-refractivity contribution in [2.24, 2.45) is 16.8 Å². The lowest BCUT2D eigenvalue weighted by atomic mass is 9.99. The Morgan fingerprint density at radius 2 is 1.50 bits per heavy atom. The van der Waals surface area contributed by atoms with Gasteiger partial charge in [-0.05, 0) is 46.9 Å². The third-order valence-corrected chi connectivity index (χ3v) is 9.74. The smallest absolute Gasteiger partial charge is 0.407 e. The van der Waals surface area contributed by atoms with Crippen molar-refractivity contribution in [2.75, 3.05) is 33.9 Å². The molecule has 0 aromatic heterocycles. The number of carbonyl (C=O) groups excluding carboxylic acids is 3. The van der Waals surface area contributed by atoms with E-state index in [-0.39, 0.29) is 42.3 Å². The van der Waals surface area contributed by atoms with Crippen LogP contribution in [0.4, 0.5) is 9.59 Å². The van der Waals surface area contributed by atoms with Gasteiger partial charge in [-0.15, -0.1) is 0 Å². The van der Waals surface area contributed by atoms with Crippen LogP contribution in [-0.4, -0.2) is 104 Å². The van der Waals surface area contributed by atoms with Crippen LogP contribution in [0.2, 0.25) is 0 Å². The van der Waals surface area contributed by atoms with Gasteiger partial charge in [0.15, 0.2) is 0 Å². The fourth-order valence-corrected chi connectivity index (χ4v) is 6.85. The maximum absolute atomic E-state index is 13.5. The number of hydrogen-bond acceptors (Lipinski definition) is 11. The number of ether oxygens (including phenoxy) is 2. The van der Waals surface area contributed by atoms with Gasteiger partial charge in [0.05, 0.1) is 32.0 Å². The Morgan fingerprint density at radius 1 is 0.880 bits per heavy atom. The molecule has 50 heavy (non-hydrogen) atoms. The Hall–Kier alpha value is -4.08. The van der Waals surface area contributed by atoms with E-state index in [0.29, 0.717) is 19.6 Å². The number of nitrogens with zero attached hydrogens (tertiary/aromatic N) is 2. The molecular weight excluding hydrogens is 640 g/mol. The number of aliphatic hydroxyl groups is 1. The zero-order valence-corrected chi connectivity index (χ0v) is 29.7. The highest BCUT2D eigenvalue weighted by Crippen LogP contribution is 2.27. The number of hydrogen-bond donors (Lipinski definition) is 7. The zero-order chi connectivity index (χ0) is 35.9. The highest BCUT2D eigenvalue weighted by molar-refractivity contribution is 6.03. The minimum absolute atomic E-state index is 0.0165. The Balaban J connectivity index is 1.17. The zero-order valence-electron chi connectivity index (χ0n) is 29.7. The molecule has 2 aromatic carbocycles. The first-order valence-corrected chi connectivity index (χ1v) is 17.4. The summed E-state index contributed by atoms with van der Waals surface area (Å²) < 4.78 is 9.45. The minimum Gasteiger partial charge on any atom is -0.453 e. The van der Waals surface area contributed by atoms with Gasteiger partial charge in [0.1, 0.15) is 24.7 Å². The maximum atomic E-state index is 13.5. The first-order valence-electron chi connectivity index (χ1n) is 17.4. The van der Waals surface area contributed by atoms with E-state index < -0.39 is 30.5 Å². The van der Waals surface area contributed by atoms with Gasteiger partial charge >= 0.3 is 12.2 Å². The predicted octanol–water partition coefficient (Wildman–Crippen LogP) is 2.25. The number of carbonyl (C=O) groups is 3. The quantitative estimate of drug-likeness (QED) is 0.163. The van der Waals surface area contributed by atoms with E-state index in [2.05, 4.69) is 80.4 Å². The molecule has 5 rings (SSSR count). The number of rotatable bonds is 12. The van der Waals surface area contributed by atoms with Crippen LogP contribution >= 0.6 is 0 Å². The monoisotopic (exact) mass is 692 g/mol. The molecule has 14 nitrogen and oxygen atoms in total. The molecule has 7 N–H and O–H groups in total. The van der Waals surface area contributed by atoms with Crippen molar-refractivity contribution in [1.82, 2.24) is 36.8 Å². The Morgan fingerprint density at radius 3 is 2.12 bits per heavy atom. The molecule has 14 heteroatoms. The summed E-state index contributed by atoms with van der Waals surface area (Å²) in [7, 11) is 2.59. The van der Waals surface area contributed by atoms with Crippen LogP contribution in [0.25, 0.3) is 11.1 Å². The van der Waals surface area contributed by atoms with Gasteiger partial charge < -0.3 is 30.1 Å². The summed E-state index contributed by atoms with van der Waals surface area (Å²) in [6.07, 6.45) is -0.998. The van der Waals surface area contributed by atoms with Gasteiger partial charge in [0.2, 0.25) is 5.91 Å². The summed E-state index contributed by atoms with van der Waals surface area (Å²) in [4.78, 5) is 44.0. The summed E-state index contributed by atoms with van der Waals surface area (Å²) in [5, 5.41) is 29.6. The lowest BCUT2D eigenvalue weighted by Crippen LogP contribution is -2.59. The lowest BCUT2D eigenvalue weighted by molar-refractivity contribution is -0.135. The molecule has 2 fully saturated rings. The third kappa shape index (κ3) is 8.79. The number of aliphatic imine (C=N–C) groups is 1. The summed E-state index contributed by atoms with van der Waals surface area (Å²) in [5.41, 5.74) is 5.29. The van der Waals surface area contributed by atoms with E-state index in [0.717, 1.165) is 40.8 Å². The van der Waals surface area contributed by atoms with Crippen LogP contribution in [-0.2, 0) is 14.3 Å². The normalized spacial score (nSPS) is 23.8. The van der Waals surface area contributed by atoms with Gasteiger partial charge in [-0.2, -0.15) is 0 Å². The fourth-order valence-electron chi connectivity index (χ4n) is 6.85. The van der Waals surface area contributed by atoms with E-state index in [1.165, 1.54) is 14.2 Å². The van der Waals surface area contributed by atoms with Crippen molar-refractivity contribution in [3.63, 3.8) is 0 Å². The maximum Gasteiger partial charge on any atom is 0.407 e. The second-order valence-electron chi connectivity index (χ2n) is 13.8. The molecule has 5 unspecified atom stereocenters. The van der Waals surface area contributed by atoms with E-state index in [9.17, 15) is 19.5 Å². The molecular formula is C36H52N8O6. The first kappa shape index (κ1) is 37.2. The van der Waals surface area contributed by atoms with Crippen LogP contribution in [0, 0.1) is 11.8 Å². The van der Waals surface area contributed by atoms with E-state index in [4.69, 9.17) is 14.5 Å². The number of methoxy groups -OCH3 is 2. The van der Waals surface area contributed by atoms with Gasteiger partial charge in [0, 0.05) is 25.7 Å². The molecule has 3 heterocycles. The molecule has 0 aliphatic carbocycles. The summed E-state index contributed by atoms with van der Waals surface area (Å²) in [6, 6.07) is 15.6. The number of amides is 3. The van der Waals surface area contributed by atoms with Gasteiger partial charge in [-0.25, -0.2) is 9.59 Å². The molecule has 272 valence electrons. The standard InChI is InChI=1S/C36H52N8O6/c1-20(2)29(41-35(47)49-5)32(45)43-34-38-19-27(40-34)25-15-11-23(12-16-25)22-9-13-24(14-10-22)26-18-37-31(39-26)28-8-7-17-44(28)33(46)30(21(3)4)42-36(48)50-6/h9-16,20-21,27-32,34,37-38,40,43,45H,7-8,17-19H2,1-6H3,(H,41,47)(H,42,48)/t27?,28?,29-,30-,31?,32?,34?/m0/s1. The number of aliphatic hydroxyl groups excluding tert-OH is 1. The largest absolute Gasteiger partial charge is 0.453 e. The van der Waals surface area contributed by atoms with Crippen LogP contribution in [0.5, 0.6) is 0 Å². The number of likely N-dealkylation sites (tertiary alicyclic amines) is 1. The van der Waals surface area contributed by atoms with Gasteiger partial charge in [0.25, 0.3) is 0 Å². The molecule has 0 bridgehead atoms. The average Bonchev–Trinajstić information content (AvgIpc) is 3.90. The summed E-state index contributed by atoms with van der Waals surface area (Å²) in [5.74, 6) is -0.202. The SMILES string of the molecule is COC(=O)N[C@@H](C(C)C)C(O)NC1NCC(c2ccc(-c3ccc(C4=NC(C5CCCN5C(=O)[C@@H](NC(=O)OC)C(C)C)NC4)cc3)cc2)N1. The summed E-state index contributed by atoms with van der Waals surface area (Å²) in [6.45, 7) is 9.58. The van der Waals surface area contributed by atoms with Gasteiger partial charge in [-0.3, -0.25) is 31.1 Å². The van der Waals surface area contributed by atoms with E-state index >= 15 is 0 Å². The van der Waals surface area contributed by atoms with Crippen molar-refractivity contribution in [2.45, 2.75) is 83.4 Å². The predicted molar refractivity (Wildman–Crippen MR) is 190 cm³/mol. The fraction of sp³-hybridized carbons (Fsp3) is 0.556. The topological polar surface area (TPSA) is 178 Å². The van der Waals surface area contributed by atoms with Crippen LogP contribution in [0.15, 0.2) is 53.5 Å². The average molecular weight is 693 g/mol. The lowest BCUT2D eigenvalue weighted by Gasteiger charge is -2.32. The molecule has 3 amide bonds. The first-order chi connectivity index (χ1) is 24.0.